The van der Waals surface area contributed by atoms with Gasteiger partial charge in [-0.3, -0.25) is 4.79 Å². The summed E-state index contributed by atoms with van der Waals surface area (Å²) in [6.45, 7) is 4.90. The Kier molecular flexibility index (Phi) is 3.87. The Bertz CT molecular complexity index is 632. The normalized spacial score (nSPS) is 15.0. The third-order valence-electron chi connectivity index (χ3n) is 3.55. The predicted molar refractivity (Wildman–Crippen MR) is 80.8 cm³/mol. The number of hydrogen-bond donors (Lipinski definition) is 2. The molecule has 0 atom stereocenters. The molecule has 1 amide bonds. The monoisotopic (exact) mass is 286 g/mol. The van der Waals surface area contributed by atoms with Crippen molar-refractivity contribution >= 4 is 17.3 Å². The van der Waals surface area contributed by atoms with Crippen molar-refractivity contribution in [2.24, 2.45) is 0 Å². The molecule has 1 aliphatic heterocycles. The van der Waals surface area contributed by atoms with Crippen LogP contribution < -0.4 is 10.2 Å². The van der Waals surface area contributed by atoms with Crippen LogP contribution in [-0.2, 0) is 4.74 Å². The molecule has 6 heteroatoms. The van der Waals surface area contributed by atoms with Gasteiger partial charge < -0.3 is 19.9 Å². The Morgan fingerprint density at radius 3 is 2.81 bits per heavy atom. The minimum absolute atomic E-state index is 0.200. The Morgan fingerprint density at radius 2 is 2.10 bits per heavy atom. The number of anilines is 2. The van der Waals surface area contributed by atoms with Gasteiger partial charge in [0, 0.05) is 18.8 Å². The Labute approximate surface area is 123 Å². The lowest BCUT2D eigenvalue weighted by Gasteiger charge is -2.30. The van der Waals surface area contributed by atoms with Crippen molar-refractivity contribution < 1.29 is 9.53 Å². The summed E-state index contributed by atoms with van der Waals surface area (Å²) in [6.07, 6.45) is 1.53. The summed E-state index contributed by atoms with van der Waals surface area (Å²) in [6, 6.07) is 7.81. The Balaban J connectivity index is 1.82. The van der Waals surface area contributed by atoms with E-state index in [-0.39, 0.29) is 5.91 Å². The number of carbonyl (C=O) groups excluding carboxylic acids is 1. The van der Waals surface area contributed by atoms with Gasteiger partial charge in [0.2, 0.25) is 0 Å². The fourth-order valence-electron chi connectivity index (χ4n) is 2.43. The molecule has 0 spiro atoms. The van der Waals surface area contributed by atoms with Gasteiger partial charge in [0.15, 0.2) is 0 Å². The van der Waals surface area contributed by atoms with Crippen molar-refractivity contribution in [2.75, 3.05) is 36.5 Å². The topological polar surface area (TPSA) is 70.2 Å². The number of ether oxygens (including phenoxy) is 1. The summed E-state index contributed by atoms with van der Waals surface area (Å²) >= 11 is 0. The van der Waals surface area contributed by atoms with Crippen LogP contribution in [0.2, 0.25) is 0 Å². The number of benzene rings is 1. The first kappa shape index (κ1) is 13.6. The first-order valence-electron chi connectivity index (χ1n) is 6.99. The number of aromatic nitrogens is 2. The molecule has 21 heavy (non-hydrogen) atoms. The van der Waals surface area contributed by atoms with Crippen molar-refractivity contribution in [1.29, 1.82) is 0 Å². The lowest BCUT2D eigenvalue weighted by Crippen LogP contribution is -2.36. The number of carbonyl (C=O) groups is 1. The third-order valence-corrected chi connectivity index (χ3v) is 3.55. The average Bonchev–Trinajstić information content (AvgIpc) is 2.95. The lowest BCUT2D eigenvalue weighted by atomic mass is 10.2. The van der Waals surface area contributed by atoms with E-state index in [2.05, 4.69) is 20.2 Å². The van der Waals surface area contributed by atoms with E-state index in [1.807, 2.05) is 31.2 Å². The molecule has 0 saturated carbocycles. The van der Waals surface area contributed by atoms with E-state index < -0.39 is 0 Å². The molecule has 1 aromatic carbocycles. The van der Waals surface area contributed by atoms with Gasteiger partial charge >= 0.3 is 0 Å². The summed E-state index contributed by atoms with van der Waals surface area (Å²) in [5, 5.41) is 2.95. The van der Waals surface area contributed by atoms with Crippen LogP contribution in [0.4, 0.5) is 11.4 Å². The molecule has 2 N–H and O–H groups in total. The largest absolute Gasteiger partial charge is 0.378 e. The van der Waals surface area contributed by atoms with E-state index >= 15 is 0 Å². The zero-order chi connectivity index (χ0) is 14.7. The number of imidazole rings is 1. The number of H-pyrrole nitrogens is 1. The van der Waals surface area contributed by atoms with Crippen molar-refractivity contribution in [3.05, 3.63) is 42.0 Å². The van der Waals surface area contributed by atoms with Gasteiger partial charge in [-0.1, -0.05) is 12.1 Å². The van der Waals surface area contributed by atoms with Crippen LogP contribution in [0.5, 0.6) is 0 Å². The van der Waals surface area contributed by atoms with Crippen molar-refractivity contribution in [2.45, 2.75) is 6.92 Å². The summed E-state index contributed by atoms with van der Waals surface area (Å²) in [7, 11) is 0. The molecular weight excluding hydrogens is 268 g/mol. The van der Waals surface area contributed by atoms with Crippen LogP contribution in [-0.4, -0.2) is 42.2 Å². The van der Waals surface area contributed by atoms with Crippen molar-refractivity contribution in [3.63, 3.8) is 0 Å². The van der Waals surface area contributed by atoms with Crippen LogP contribution in [0.25, 0.3) is 0 Å². The number of amides is 1. The van der Waals surface area contributed by atoms with E-state index in [1.54, 1.807) is 0 Å². The van der Waals surface area contributed by atoms with Crippen LogP contribution in [0.15, 0.2) is 30.6 Å². The second-order valence-electron chi connectivity index (χ2n) is 4.95. The maximum atomic E-state index is 12.3. The van der Waals surface area contributed by atoms with E-state index in [4.69, 9.17) is 4.74 Å². The summed E-state index contributed by atoms with van der Waals surface area (Å²) in [4.78, 5) is 21.5. The van der Waals surface area contributed by atoms with Gasteiger partial charge in [0.1, 0.15) is 5.69 Å². The van der Waals surface area contributed by atoms with E-state index in [9.17, 15) is 4.79 Å². The number of aromatic amines is 1. The molecule has 0 radical (unpaired) electrons. The van der Waals surface area contributed by atoms with Crippen molar-refractivity contribution in [1.82, 2.24) is 9.97 Å². The maximum absolute atomic E-state index is 12.3. The summed E-state index contributed by atoms with van der Waals surface area (Å²) < 4.78 is 5.37. The predicted octanol–water partition coefficient (Wildman–Crippen LogP) is 1.81. The number of hydrogen-bond acceptors (Lipinski definition) is 4. The second kappa shape index (κ2) is 5.97. The quantitative estimate of drug-likeness (QED) is 0.902. The third kappa shape index (κ3) is 2.90. The van der Waals surface area contributed by atoms with Gasteiger partial charge in [-0.05, 0) is 19.1 Å². The van der Waals surface area contributed by atoms with E-state index in [0.29, 0.717) is 18.9 Å². The highest BCUT2D eigenvalue weighted by Crippen LogP contribution is 2.26. The number of morpholine rings is 1. The Hall–Kier alpha value is -2.34. The molecule has 3 rings (SSSR count). The molecule has 0 bridgehead atoms. The molecule has 2 aromatic rings. The zero-order valence-corrected chi connectivity index (χ0v) is 11.9. The van der Waals surface area contributed by atoms with Crippen LogP contribution in [0, 0.1) is 6.92 Å². The second-order valence-corrected chi connectivity index (χ2v) is 4.95. The molecule has 1 aromatic heterocycles. The molecular formula is C15H18N4O2. The SMILES string of the molecule is Cc1[nH]cnc1C(=O)Nc1ccccc1N1CCOCC1. The molecule has 2 heterocycles. The minimum atomic E-state index is -0.200. The fraction of sp³-hybridized carbons (Fsp3) is 0.333. The fourth-order valence-corrected chi connectivity index (χ4v) is 2.43. The smallest absolute Gasteiger partial charge is 0.276 e. The van der Waals surface area contributed by atoms with Crippen LogP contribution in [0.3, 0.4) is 0 Å². The lowest BCUT2D eigenvalue weighted by molar-refractivity contribution is 0.102. The van der Waals surface area contributed by atoms with E-state index in [1.165, 1.54) is 6.33 Å². The highest BCUT2D eigenvalue weighted by Gasteiger charge is 2.17. The van der Waals surface area contributed by atoms with E-state index in [0.717, 1.165) is 30.2 Å². The number of rotatable bonds is 3. The molecule has 110 valence electrons. The van der Waals surface area contributed by atoms with Crippen LogP contribution in [0.1, 0.15) is 16.2 Å². The van der Waals surface area contributed by atoms with Gasteiger partial charge in [0.05, 0.1) is 30.9 Å². The molecule has 1 saturated heterocycles. The van der Waals surface area contributed by atoms with Crippen LogP contribution >= 0.6 is 0 Å². The molecule has 1 aliphatic rings. The molecule has 0 unspecified atom stereocenters. The standard InChI is InChI=1S/C15H18N4O2/c1-11-14(17-10-16-11)15(20)18-12-4-2-3-5-13(12)19-6-8-21-9-7-19/h2-5,10H,6-9H2,1H3,(H,16,17)(H,18,20). The molecule has 6 nitrogen and oxygen atoms in total. The van der Waals surface area contributed by atoms with Crippen molar-refractivity contribution in [3.8, 4) is 0 Å². The average molecular weight is 286 g/mol. The molecule has 1 fully saturated rings. The van der Waals surface area contributed by atoms with Gasteiger partial charge in [-0.2, -0.15) is 0 Å². The maximum Gasteiger partial charge on any atom is 0.276 e. The Morgan fingerprint density at radius 1 is 1.33 bits per heavy atom. The molecule has 0 aliphatic carbocycles. The first-order chi connectivity index (χ1) is 10.3. The summed E-state index contributed by atoms with van der Waals surface area (Å²) in [5.74, 6) is -0.200. The first-order valence-corrected chi connectivity index (χ1v) is 6.99. The number of nitrogens with one attached hydrogen (secondary N) is 2. The zero-order valence-electron chi connectivity index (χ0n) is 11.9. The highest BCUT2D eigenvalue weighted by atomic mass is 16.5. The van der Waals surface area contributed by atoms with Gasteiger partial charge in [-0.25, -0.2) is 4.98 Å². The minimum Gasteiger partial charge on any atom is -0.378 e. The number of nitrogens with zero attached hydrogens (tertiary/aromatic N) is 2. The highest BCUT2D eigenvalue weighted by molar-refractivity contribution is 6.05. The van der Waals surface area contributed by atoms with Gasteiger partial charge in [-0.15, -0.1) is 0 Å². The van der Waals surface area contributed by atoms with Gasteiger partial charge in [0.25, 0.3) is 5.91 Å². The summed E-state index contributed by atoms with van der Waals surface area (Å²) in [5.41, 5.74) is 3.00. The number of aryl methyl sites for hydroxylation is 1. The number of para-hydroxylation sites is 2.